The number of carbonyl (C=O) groups is 1. The van der Waals surface area contributed by atoms with Gasteiger partial charge in [0, 0.05) is 11.6 Å². The first kappa shape index (κ1) is 19.0. The zero-order valence-electron chi connectivity index (χ0n) is 14.3. The number of para-hydroxylation sites is 1. The number of carbonyl (C=O) groups excluding carboxylic acids is 1. The van der Waals surface area contributed by atoms with Crippen molar-refractivity contribution in [1.82, 2.24) is 15.0 Å². The first-order valence-corrected chi connectivity index (χ1v) is 8.87. The fourth-order valence-corrected chi connectivity index (χ4v) is 2.92. The van der Waals surface area contributed by atoms with E-state index in [2.05, 4.69) is 15.8 Å². The van der Waals surface area contributed by atoms with Crippen molar-refractivity contribution in [3.63, 3.8) is 0 Å². The second-order valence-corrected chi connectivity index (χ2v) is 6.38. The molecule has 0 bridgehead atoms. The number of fused-ring (bicyclic) bond motifs is 1. The summed E-state index contributed by atoms with van der Waals surface area (Å²) >= 11 is 11.8. The van der Waals surface area contributed by atoms with Crippen LogP contribution in [0.1, 0.15) is 6.92 Å². The van der Waals surface area contributed by atoms with Crippen LogP contribution in [0.5, 0.6) is 5.75 Å². The minimum atomic E-state index is -0.467. The van der Waals surface area contributed by atoms with Gasteiger partial charge in [0.2, 0.25) is 5.95 Å². The highest BCUT2D eigenvalue weighted by Gasteiger charge is 2.11. The van der Waals surface area contributed by atoms with E-state index in [-0.39, 0.29) is 18.1 Å². The van der Waals surface area contributed by atoms with Gasteiger partial charge < -0.3 is 4.74 Å². The van der Waals surface area contributed by atoms with Crippen LogP contribution in [0.3, 0.4) is 0 Å². The van der Waals surface area contributed by atoms with E-state index >= 15 is 0 Å². The topological polar surface area (TPSA) is 85.2 Å². The highest BCUT2D eigenvalue weighted by atomic mass is 35.5. The third-order valence-corrected chi connectivity index (χ3v) is 4.27. The maximum atomic E-state index is 12.5. The van der Waals surface area contributed by atoms with Gasteiger partial charge in [-0.2, -0.15) is 0 Å². The standard InChI is InChI=1S/C18H16Cl2N4O3/c1-2-24-17(26)12-5-3-4-6-14(12)21-18(24)23-22-16(25)10-27-15-8-7-11(19)9-13(15)20/h3-9H,2,10H2,1H3,(H,21,23)(H,22,25). The molecule has 0 radical (unpaired) electrons. The van der Waals surface area contributed by atoms with Crippen LogP contribution in [0.15, 0.2) is 47.3 Å². The van der Waals surface area contributed by atoms with E-state index in [1.165, 1.54) is 10.6 Å². The van der Waals surface area contributed by atoms with Gasteiger partial charge in [0.25, 0.3) is 11.5 Å². The summed E-state index contributed by atoms with van der Waals surface area (Å²) in [7, 11) is 0. The molecular formula is C18H16Cl2N4O3. The highest BCUT2D eigenvalue weighted by molar-refractivity contribution is 6.35. The summed E-state index contributed by atoms with van der Waals surface area (Å²) in [4.78, 5) is 28.9. The Bertz CT molecular complexity index is 1050. The van der Waals surface area contributed by atoms with Gasteiger partial charge in [-0.1, -0.05) is 35.3 Å². The number of nitrogens with zero attached hydrogens (tertiary/aromatic N) is 2. The molecular weight excluding hydrogens is 391 g/mol. The number of nitrogens with one attached hydrogen (secondary N) is 2. The molecule has 0 aliphatic carbocycles. The second-order valence-electron chi connectivity index (χ2n) is 5.54. The van der Waals surface area contributed by atoms with Gasteiger partial charge >= 0.3 is 0 Å². The Hall–Kier alpha value is -2.77. The van der Waals surface area contributed by atoms with Gasteiger partial charge in [-0.3, -0.25) is 25.0 Å². The Labute approximate surface area is 164 Å². The van der Waals surface area contributed by atoms with Gasteiger partial charge in [0.15, 0.2) is 6.61 Å². The number of hydrogen-bond donors (Lipinski definition) is 2. The molecule has 0 saturated carbocycles. The van der Waals surface area contributed by atoms with Crippen LogP contribution in [-0.2, 0) is 11.3 Å². The molecule has 0 fully saturated rings. The summed E-state index contributed by atoms with van der Waals surface area (Å²) in [6, 6.07) is 11.7. The summed E-state index contributed by atoms with van der Waals surface area (Å²) in [6.07, 6.45) is 0. The van der Waals surface area contributed by atoms with Crippen molar-refractivity contribution < 1.29 is 9.53 Å². The summed E-state index contributed by atoms with van der Waals surface area (Å²) in [6.45, 7) is 1.93. The lowest BCUT2D eigenvalue weighted by Gasteiger charge is -2.14. The van der Waals surface area contributed by atoms with Crippen LogP contribution in [0.25, 0.3) is 10.9 Å². The number of hydrogen-bond acceptors (Lipinski definition) is 5. The smallest absolute Gasteiger partial charge is 0.276 e. The molecule has 0 unspecified atom stereocenters. The summed E-state index contributed by atoms with van der Waals surface area (Å²) in [5.41, 5.74) is 5.48. The minimum absolute atomic E-state index is 0.191. The molecule has 27 heavy (non-hydrogen) atoms. The van der Waals surface area contributed by atoms with Crippen molar-refractivity contribution in [3.8, 4) is 5.75 Å². The molecule has 0 aliphatic rings. The molecule has 0 spiro atoms. The molecule has 7 nitrogen and oxygen atoms in total. The molecule has 0 saturated heterocycles. The van der Waals surface area contributed by atoms with E-state index in [9.17, 15) is 9.59 Å². The lowest BCUT2D eigenvalue weighted by molar-refractivity contribution is -0.122. The van der Waals surface area contributed by atoms with E-state index in [4.69, 9.17) is 27.9 Å². The maximum Gasteiger partial charge on any atom is 0.276 e. The number of benzene rings is 2. The van der Waals surface area contributed by atoms with Crippen molar-refractivity contribution >= 4 is 46.0 Å². The lowest BCUT2D eigenvalue weighted by atomic mass is 10.2. The number of amides is 1. The first-order valence-electron chi connectivity index (χ1n) is 8.12. The first-order chi connectivity index (χ1) is 13.0. The van der Waals surface area contributed by atoms with Crippen LogP contribution in [0, 0.1) is 0 Å². The quantitative estimate of drug-likeness (QED) is 0.613. The molecule has 2 N–H and O–H groups in total. The fraction of sp³-hybridized carbons (Fsp3) is 0.167. The fourth-order valence-electron chi connectivity index (χ4n) is 2.45. The Morgan fingerprint density at radius 2 is 2.00 bits per heavy atom. The molecule has 1 amide bonds. The molecule has 2 aromatic carbocycles. The summed E-state index contributed by atoms with van der Waals surface area (Å²) < 4.78 is 6.79. The van der Waals surface area contributed by atoms with Gasteiger partial charge in [0.1, 0.15) is 5.75 Å². The number of halogens is 2. The predicted octanol–water partition coefficient (Wildman–Crippen LogP) is 3.25. The summed E-state index contributed by atoms with van der Waals surface area (Å²) in [5, 5.41) is 1.29. The lowest BCUT2D eigenvalue weighted by Crippen LogP contribution is -2.37. The number of hydrazine groups is 1. The molecule has 0 atom stereocenters. The van der Waals surface area contributed by atoms with Crippen molar-refractivity contribution in [2.24, 2.45) is 0 Å². The predicted molar refractivity (Wildman–Crippen MR) is 105 cm³/mol. The highest BCUT2D eigenvalue weighted by Crippen LogP contribution is 2.27. The minimum Gasteiger partial charge on any atom is -0.482 e. The maximum absolute atomic E-state index is 12.5. The van der Waals surface area contributed by atoms with E-state index in [1.54, 1.807) is 36.4 Å². The summed E-state index contributed by atoms with van der Waals surface area (Å²) in [5.74, 6) is 0.107. The van der Waals surface area contributed by atoms with Gasteiger partial charge in [0.05, 0.1) is 15.9 Å². The molecule has 3 aromatic rings. The van der Waals surface area contributed by atoms with Crippen LogP contribution in [-0.4, -0.2) is 22.1 Å². The number of aromatic nitrogens is 2. The normalized spacial score (nSPS) is 10.6. The molecule has 1 aromatic heterocycles. The monoisotopic (exact) mass is 406 g/mol. The van der Waals surface area contributed by atoms with Gasteiger partial charge in [-0.25, -0.2) is 4.98 Å². The third kappa shape index (κ3) is 4.32. The Kier molecular flexibility index (Phi) is 5.83. The SMILES string of the molecule is CCn1c(NNC(=O)COc2ccc(Cl)cc2Cl)nc2ccccc2c1=O. The molecule has 0 aliphatic heterocycles. The van der Waals surface area contributed by atoms with Crippen LogP contribution < -0.4 is 21.1 Å². The van der Waals surface area contributed by atoms with Crippen LogP contribution in [0.2, 0.25) is 10.0 Å². The number of ether oxygens (including phenoxy) is 1. The Balaban J connectivity index is 1.69. The van der Waals surface area contributed by atoms with Crippen molar-refractivity contribution in [2.45, 2.75) is 13.5 Å². The van der Waals surface area contributed by atoms with Gasteiger partial charge in [-0.15, -0.1) is 0 Å². The van der Waals surface area contributed by atoms with Gasteiger partial charge in [-0.05, 0) is 37.3 Å². The van der Waals surface area contributed by atoms with Crippen molar-refractivity contribution in [1.29, 1.82) is 0 Å². The molecule has 140 valence electrons. The van der Waals surface area contributed by atoms with E-state index in [0.717, 1.165) is 0 Å². The average Bonchev–Trinajstić information content (AvgIpc) is 2.66. The number of rotatable bonds is 6. The number of anilines is 1. The largest absolute Gasteiger partial charge is 0.482 e. The van der Waals surface area contributed by atoms with E-state index < -0.39 is 5.91 Å². The average molecular weight is 407 g/mol. The van der Waals surface area contributed by atoms with Crippen molar-refractivity contribution in [2.75, 3.05) is 12.0 Å². The van der Waals surface area contributed by atoms with E-state index in [0.29, 0.717) is 33.2 Å². The van der Waals surface area contributed by atoms with Crippen LogP contribution in [0.4, 0.5) is 5.95 Å². The van der Waals surface area contributed by atoms with E-state index in [1.807, 2.05) is 6.92 Å². The second kappa shape index (κ2) is 8.28. The molecule has 1 heterocycles. The van der Waals surface area contributed by atoms with Crippen LogP contribution >= 0.6 is 23.2 Å². The molecule has 3 rings (SSSR count). The van der Waals surface area contributed by atoms with Crippen molar-refractivity contribution in [3.05, 3.63) is 62.9 Å². The third-order valence-electron chi connectivity index (χ3n) is 3.74. The zero-order chi connectivity index (χ0) is 19.4. The molecule has 9 heteroatoms. The Morgan fingerprint density at radius 1 is 1.22 bits per heavy atom. The zero-order valence-corrected chi connectivity index (χ0v) is 15.8. The Morgan fingerprint density at radius 3 is 2.74 bits per heavy atom.